The van der Waals surface area contributed by atoms with E-state index in [0.29, 0.717) is 12.8 Å². The molecule has 5 heteroatoms. The number of hydrogen-bond donors (Lipinski definition) is 1. The molecular formula is C37H70O5. The fourth-order valence-electron chi connectivity index (χ4n) is 5.25. The first-order valence-corrected chi connectivity index (χ1v) is 18.2. The molecule has 0 amide bonds. The standard InChI is InChI=1S/C37H70O5/c1-3-5-7-9-10-11-12-13-14-15-16-17-18-19-20-21-22-23-24-25-26-28-30-32-37(40)42-35(33-38)34-41-36(39)31-29-27-8-6-4-2/h15-16,35,38H,3-14,17-34H2,1-2H3/b16-15-. The van der Waals surface area contributed by atoms with Gasteiger partial charge in [0, 0.05) is 12.8 Å². The Hall–Kier alpha value is -1.36. The molecule has 1 atom stereocenters. The van der Waals surface area contributed by atoms with Gasteiger partial charge in [-0.3, -0.25) is 9.59 Å². The molecule has 0 aromatic rings. The molecule has 0 heterocycles. The van der Waals surface area contributed by atoms with Gasteiger partial charge in [-0.1, -0.05) is 154 Å². The Morgan fingerprint density at radius 3 is 1.29 bits per heavy atom. The zero-order chi connectivity index (χ0) is 30.8. The van der Waals surface area contributed by atoms with E-state index in [9.17, 15) is 14.7 Å². The van der Waals surface area contributed by atoms with Gasteiger partial charge in [0.15, 0.2) is 6.10 Å². The third-order valence-electron chi connectivity index (χ3n) is 8.06. The Kier molecular flexibility index (Phi) is 33.0. The maximum absolute atomic E-state index is 12.1. The lowest BCUT2D eigenvalue weighted by Crippen LogP contribution is -2.28. The Morgan fingerprint density at radius 1 is 0.524 bits per heavy atom. The van der Waals surface area contributed by atoms with Crippen molar-refractivity contribution < 1.29 is 24.2 Å². The lowest BCUT2D eigenvalue weighted by Gasteiger charge is -2.15. The molecule has 0 spiro atoms. The Morgan fingerprint density at radius 2 is 0.881 bits per heavy atom. The minimum absolute atomic E-state index is 0.0630. The predicted octanol–water partition coefficient (Wildman–Crippen LogP) is 11.0. The van der Waals surface area contributed by atoms with Gasteiger partial charge in [0.1, 0.15) is 6.61 Å². The molecule has 1 unspecified atom stereocenters. The van der Waals surface area contributed by atoms with E-state index >= 15 is 0 Å². The highest BCUT2D eigenvalue weighted by atomic mass is 16.6. The Labute approximate surface area is 261 Å². The van der Waals surface area contributed by atoms with E-state index in [1.165, 1.54) is 128 Å². The number of carbonyl (C=O) groups is 2. The quantitative estimate of drug-likeness (QED) is 0.0465. The van der Waals surface area contributed by atoms with Crippen LogP contribution in [0.15, 0.2) is 12.2 Å². The molecule has 0 fully saturated rings. The molecule has 0 bridgehead atoms. The van der Waals surface area contributed by atoms with Gasteiger partial charge < -0.3 is 14.6 Å². The van der Waals surface area contributed by atoms with Gasteiger partial charge in [-0.15, -0.1) is 0 Å². The van der Waals surface area contributed by atoms with Crippen LogP contribution >= 0.6 is 0 Å². The van der Waals surface area contributed by atoms with Gasteiger partial charge >= 0.3 is 11.9 Å². The van der Waals surface area contributed by atoms with Crippen molar-refractivity contribution in [1.82, 2.24) is 0 Å². The van der Waals surface area contributed by atoms with Crippen LogP contribution in [0.3, 0.4) is 0 Å². The molecule has 0 aliphatic carbocycles. The second kappa shape index (κ2) is 34.1. The van der Waals surface area contributed by atoms with E-state index in [-0.39, 0.29) is 25.2 Å². The van der Waals surface area contributed by atoms with E-state index in [1.807, 2.05) is 0 Å². The summed E-state index contributed by atoms with van der Waals surface area (Å²) in [6.45, 7) is 4.05. The van der Waals surface area contributed by atoms with Crippen molar-refractivity contribution >= 4 is 11.9 Å². The summed E-state index contributed by atoms with van der Waals surface area (Å²) in [4.78, 5) is 23.9. The number of rotatable bonds is 33. The number of esters is 2. The molecule has 248 valence electrons. The normalized spacial score (nSPS) is 12.2. The molecule has 0 rings (SSSR count). The van der Waals surface area contributed by atoms with Gasteiger partial charge in [-0.25, -0.2) is 0 Å². The van der Waals surface area contributed by atoms with Crippen LogP contribution in [0.2, 0.25) is 0 Å². The molecule has 0 saturated carbocycles. The first kappa shape index (κ1) is 40.6. The van der Waals surface area contributed by atoms with Crippen molar-refractivity contribution in [2.75, 3.05) is 13.2 Å². The molecule has 0 saturated heterocycles. The van der Waals surface area contributed by atoms with E-state index in [4.69, 9.17) is 9.47 Å². The average Bonchev–Trinajstić information content (AvgIpc) is 2.99. The summed E-state index contributed by atoms with van der Waals surface area (Å²) in [5.74, 6) is -0.600. The highest BCUT2D eigenvalue weighted by Gasteiger charge is 2.16. The number of hydrogen-bond acceptors (Lipinski definition) is 5. The van der Waals surface area contributed by atoms with Crippen LogP contribution in [0.25, 0.3) is 0 Å². The smallest absolute Gasteiger partial charge is 0.306 e. The Balaban J connectivity index is 3.43. The van der Waals surface area contributed by atoms with Crippen LogP contribution in [0, 0.1) is 0 Å². The second-order valence-corrected chi connectivity index (χ2v) is 12.3. The van der Waals surface area contributed by atoms with Crippen molar-refractivity contribution in [2.24, 2.45) is 0 Å². The summed E-state index contributed by atoms with van der Waals surface area (Å²) < 4.78 is 10.5. The molecule has 0 radical (unpaired) electrons. The van der Waals surface area contributed by atoms with Crippen LogP contribution < -0.4 is 0 Å². The Bertz CT molecular complexity index is 603. The summed E-state index contributed by atoms with van der Waals surface area (Å²) in [7, 11) is 0. The topological polar surface area (TPSA) is 72.8 Å². The zero-order valence-corrected chi connectivity index (χ0v) is 28.0. The van der Waals surface area contributed by atoms with Crippen LogP contribution in [0.1, 0.15) is 194 Å². The van der Waals surface area contributed by atoms with Crippen molar-refractivity contribution in [3.05, 3.63) is 12.2 Å². The summed E-state index contributed by atoms with van der Waals surface area (Å²) in [6, 6.07) is 0. The van der Waals surface area contributed by atoms with Gasteiger partial charge in [-0.2, -0.15) is 0 Å². The first-order chi connectivity index (χ1) is 20.6. The van der Waals surface area contributed by atoms with E-state index < -0.39 is 6.10 Å². The van der Waals surface area contributed by atoms with Gasteiger partial charge in [0.25, 0.3) is 0 Å². The minimum Gasteiger partial charge on any atom is -0.462 e. The summed E-state index contributed by atoms with van der Waals surface area (Å²) >= 11 is 0. The van der Waals surface area contributed by atoms with Crippen molar-refractivity contribution in [1.29, 1.82) is 0 Å². The van der Waals surface area contributed by atoms with E-state index in [1.54, 1.807) is 0 Å². The summed E-state index contributed by atoms with van der Waals surface area (Å²) in [5.41, 5.74) is 0. The van der Waals surface area contributed by atoms with Crippen molar-refractivity contribution in [2.45, 2.75) is 200 Å². The van der Waals surface area contributed by atoms with Gasteiger partial charge in [0.05, 0.1) is 6.61 Å². The lowest BCUT2D eigenvalue weighted by atomic mass is 10.0. The molecule has 0 aromatic carbocycles. The lowest BCUT2D eigenvalue weighted by molar-refractivity contribution is -0.161. The maximum atomic E-state index is 12.1. The fourth-order valence-corrected chi connectivity index (χ4v) is 5.25. The number of aliphatic hydroxyl groups excluding tert-OH is 1. The molecule has 0 aliphatic heterocycles. The van der Waals surface area contributed by atoms with Crippen molar-refractivity contribution in [3.8, 4) is 0 Å². The van der Waals surface area contributed by atoms with Gasteiger partial charge in [-0.05, 0) is 38.5 Å². The fraction of sp³-hybridized carbons (Fsp3) is 0.892. The molecule has 0 aromatic heterocycles. The summed E-state index contributed by atoms with van der Waals surface area (Å²) in [5, 5.41) is 9.45. The van der Waals surface area contributed by atoms with Crippen molar-refractivity contribution in [3.63, 3.8) is 0 Å². The van der Waals surface area contributed by atoms with E-state index in [0.717, 1.165) is 38.5 Å². The molecular weight excluding hydrogens is 524 g/mol. The number of carbonyl (C=O) groups excluding carboxylic acids is 2. The zero-order valence-electron chi connectivity index (χ0n) is 28.0. The predicted molar refractivity (Wildman–Crippen MR) is 178 cm³/mol. The van der Waals surface area contributed by atoms with Crippen LogP contribution in [-0.4, -0.2) is 36.4 Å². The average molecular weight is 595 g/mol. The summed E-state index contributed by atoms with van der Waals surface area (Å²) in [6.07, 6.45) is 37.4. The molecule has 0 aliphatic rings. The number of allylic oxidation sites excluding steroid dienone is 2. The SMILES string of the molecule is CCCCCCCCCC/C=C\CCCCCCCCCCCCCC(=O)OC(CO)COC(=O)CCCCCCC. The first-order valence-electron chi connectivity index (χ1n) is 18.2. The third-order valence-corrected chi connectivity index (χ3v) is 8.06. The van der Waals surface area contributed by atoms with Crippen LogP contribution in [0.4, 0.5) is 0 Å². The molecule has 42 heavy (non-hydrogen) atoms. The minimum atomic E-state index is -0.762. The maximum Gasteiger partial charge on any atom is 0.306 e. The monoisotopic (exact) mass is 595 g/mol. The van der Waals surface area contributed by atoms with Crippen LogP contribution in [0.5, 0.6) is 0 Å². The molecule has 1 N–H and O–H groups in total. The van der Waals surface area contributed by atoms with Crippen LogP contribution in [-0.2, 0) is 19.1 Å². The highest BCUT2D eigenvalue weighted by molar-refractivity contribution is 5.70. The number of aliphatic hydroxyl groups is 1. The number of ether oxygens (including phenoxy) is 2. The third kappa shape index (κ3) is 31.6. The van der Waals surface area contributed by atoms with Gasteiger partial charge in [0.2, 0.25) is 0 Å². The molecule has 5 nitrogen and oxygen atoms in total. The largest absolute Gasteiger partial charge is 0.462 e. The number of unbranched alkanes of at least 4 members (excludes halogenated alkanes) is 23. The highest BCUT2D eigenvalue weighted by Crippen LogP contribution is 2.14. The van der Waals surface area contributed by atoms with E-state index in [2.05, 4.69) is 26.0 Å². The second-order valence-electron chi connectivity index (χ2n) is 12.3.